The number of carbonyl (C=O) groups is 1. The van der Waals surface area contributed by atoms with Crippen molar-refractivity contribution in [2.75, 3.05) is 0 Å². The van der Waals surface area contributed by atoms with Crippen molar-refractivity contribution in [2.45, 2.75) is 0 Å². The van der Waals surface area contributed by atoms with Crippen molar-refractivity contribution in [2.24, 2.45) is 0 Å². The Morgan fingerprint density at radius 3 is 2.38 bits per heavy atom. The largest absolute Gasteiger partial charge is 0.543 e. The summed E-state index contributed by atoms with van der Waals surface area (Å²) in [6.07, 6.45) is 0. The Bertz CT molecular complexity index is 797. The predicted molar refractivity (Wildman–Crippen MR) is 78.3 cm³/mol. The van der Waals surface area contributed by atoms with Crippen molar-refractivity contribution in [3.8, 4) is 16.9 Å². The fourth-order valence-corrected chi connectivity index (χ4v) is 2.32. The molecule has 5 heteroatoms. The second-order valence-electron chi connectivity index (χ2n) is 4.43. The molecular formula is C16H10ClN2O2-. The van der Waals surface area contributed by atoms with E-state index >= 15 is 0 Å². The van der Waals surface area contributed by atoms with E-state index < -0.39 is 5.97 Å². The second-order valence-corrected chi connectivity index (χ2v) is 4.84. The molecule has 0 aliphatic carbocycles. The molecule has 0 spiro atoms. The lowest BCUT2D eigenvalue weighted by atomic mass is 10.1. The summed E-state index contributed by atoms with van der Waals surface area (Å²) in [4.78, 5) is 11.1. The Labute approximate surface area is 126 Å². The zero-order valence-electron chi connectivity index (χ0n) is 10.9. The fourth-order valence-electron chi connectivity index (χ4n) is 2.10. The molecule has 0 aliphatic heterocycles. The summed E-state index contributed by atoms with van der Waals surface area (Å²) in [6.45, 7) is 0. The van der Waals surface area contributed by atoms with E-state index in [9.17, 15) is 9.90 Å². The van der Waals surface area contributed by atoms with Gasteiger partial charge in [-0.3, -0.25) is 0 Å². The Morgan fingerprint density at radius 1 is 1.05 bits per heavy atom. The molecule has 0 amide bonds. The minimum Gasteiger partial charge on any atom is -0.543 e. The molecule has 0 unspecified atom stereocenters. The number of nitrogens with zero attached hydrogens (tertiary/aromatic N) is 2. The van der Waals surface area contributed by atoms with Crippen molar-refractivity contribution in [3.05, 3.63) is 71.4 Å². The first kappa shape index (κ1) is 13.4. The van der Waals surface area contributed by atoms with Crippen molar-refractivity contribution >= 4 is 17.6 Å². The van der Waals surface area contributed by atoms with Crippen LogP contribution < -0.4 is 5.11 Å². The van der Waals surface area contributed by atoms with E-state index in [0.29, 0.717) is 16.4 Å². The van der Waals surface area contributed by atoms with E-state index in [1.54, 1.807) is 18.2 Å². The van der Waals surface area contributed by atoms with Crippen LogP contribution in [0.2, 0.25) is 5.02 Å². The van der Waals surface area contributed by atoms with E-state index in [1.807, 2.05) is 36.4 Å². The van der Waals surface area contributed by atoms with Crippen LogP contribution in [0.15, 0.2) is 60.7 Å². The molecule has 3 rings (SSSR count). The third kappa shape index (κ3) is 2.53. The summed E-state index contributed by atoms with van der Waals surface area (Å²) in [5.41, 5.74) is 1.97. The standard InChI is InChI=1S/C16H11ClN2O2/c17-12-8-4-5-9-14(12)19-15(10-13(18-19)16(20)21)11-6-2-1-3-7-11/h1-10H,(H,20,21)/p-1. The highest BCUT2D eigenvalue weighted by Gasteiger charge is 2.13. The SMILES string of the molecule is O=C([O-])c1cc(-c2ccccc2)n(-c2ccccc2Cl)n1. The van der Waals surface area contributed by atoms with Crippen LogP contribution in [-0.2, 0) is 0 Å². The van der Waals surface area contributed by atoms with Crippen LogP contribution in [0, 0.1) is 0 Å². The summed E-state index contributed by atoms with van der Waals surface area (Å²) < 4.78 is 1.52. The molecule has 0 aliphatic rings. The second kappa shape index (κ2) is 5.42. The van der Waals surface area contributed by atoms with Gasteiger partial charge in [-0.1, -0.05) is 54.1 Å². The average Bonchev–Trinajstić information content (AvgIpc) is 2.94. The van der Waals surface area contributed by atoms with E-state index in [0.717, 1.165) is 5.56 Å². The first-order chi connectivity index (χ1) is 10.2. The van der Waals surface area contributed by atoms with E-state index in [1.165, 1.54) is 10.7 Å². The van der Waals surface area contributed by atoms with Crippen molar-refractivity contribution < 1.29 is 9.90 Å². The van der Waals surface area contributed by atoms with Gasteiger partial charge in [-0.2, -0.15) is 5.10 Å². The van der Waals surface area contributed by atoms with Gasteiger partial charge < -0.3 is 9.90 Å². The number of hydrogen-bond acceptors (Lipinski definition) is 3. The molecule has 104 valence electrons. The highest BCUT2D eigenvalue weighted by atomic mass is 35.5. The normalized spacial score (nSPS) is 10.5. The molecule has 0 fully saturated rings. The van der Waals surface area contributed by atoms with Gasteiger partial charge in [0.1, 0.15) is 5.69 Å². The fraction of sp³-hybridized carbons (Fsp3) is 0. The van der Waals surface area contributed by atoms with E-state index in [2.05, 4.69) is 5.10 Å². The molecule has 21 heavy (non-hydrogen) atoms. The number of para-hydroxylation sites is 1. The minimum absolute atomic E-state index is 0.131. The number of rotatable bonds is 3. The summed E-state index contributed by atoms with van der Waals surface area (Å²) in [5, 5.41) is 15.7. The van der Waals surface area contributed by atoms with E-state index in [4.69, 9.17) is 11.6 Å². The maximum atomic E-state index is 11.1. The van der Waals surface area contributed by atoms with Gasteiger partial charge in [0.05, 0.1) is 22.4 Å². The van der Waals surface area contributed by atoms with Crippen LogP contribution in [0.1, 0.15) is 10.5 Å². The molecule has 0 atom stereocenters. The van der Waals surface area contributed by atoms with Crippen molar-refractivity contribution in [3.63, 3.8) is 0 Å². The molecule has 0 bridgehead atoms. The van der Waals surface area contributed by atoms with Gasteiger partial charge in [0.15, 0.2) is 0 Å². The highest BCUT2D eigenvalue weighted by Crippen LogP contribution is 2.27. The topological polar surface area (TPSA) is 57.9 Å². The van der Waals surface area contributed by atoms with Gasteiger partial charge in [0.25, 0.3) is 0 Å². The smallest absolute Gasteiger partial charge is 0.109 e. The monoisotopic (exact) mass is 297 g/mol. The number of carboxylic acid groups (broad SMARTS) is 1. The number of carboxylic acids is 1. The van der Waals surface area contributed by atoms with Gasteiger partial charge in [-0.25, -0.2) is 4.68 Å². The van der Waals surface area contributed by atoms with Crippen molar-refractivity contribution in [1.29, 1.82) is 0 Å². The molecule has 1 heterocycles. The van der Waals surface area contributed by atoms with Crippen molar-refractivity contribution in [1.82, 2.24) is 9.78 Å². The number of halogens is 1. The maximum absolute atomic E-state index is 11.1. The average molecular weight is 298 g/mol. The lowest BCUT2D eigenvalue weighted by Crippen LogP contribution is -2.22. The minimum atomic E-state index is -1.32. The Balaban J connectivity index is 2.24. The highest BCUT2D eigenvalue weighted by molar-refractivity contribution is 6.32. The first-order valence-corrected chi connectivity index (χ1v) is 6.66. The molecule has 3 aromatic rings. The third-order valence-corrected chi connectivity index (χ3v) is 3.39. The molecule has 1 aromatic heterocycles. The number of hydrogen-bond donors (Lipinski definition) is 0. The quantitative estimate of drug-likeness (QED) is 0.746. The summed E-state index contributed by atoms with van der Waals surface area (Å²) >= 11 is 6.18. The number of benzene rings is 2. The molecule has 0 N–H and O–H groups in total. The maximum Gasteiger partial charge on any atom is 0.109 e. The molecule has 2 aromatic carbocycles. The summed E-state index contributed by atoms with van der Waals surface area (Å²) in [5.74, 6) is -1.32. The molecule has 0 radical (unpaired) electrons. The lowest BCUT2D eigenvalue weighted by Gasteiger charge is -2.09. The van der Waals surface area contributed by atoms with Crippen LogP contribution >= 0.6 is 11.6 Å². The van der Waals surface area contributed by atoms with E-state index in [-0.39, 0.29) is 5.69 Å². The summed E-state index contributed by atoms with van der Waals surface area (Å²) in [7, 11) is 0. The molecule has 4 nitrogen and oxygen atoms in total. The molecular weight excluding hydrogens is 288 g/mol. The van der Waals surface area contributed by atoms with Crippen LogP contribution in [-0.4, -0.2) is 15.7 Å². The third-order valence-electron chi connectivity index (χ3n) is 3.07. The van der Waals surface area contributed by atoms with Crippen LogP contribution in [0.25, 0.3) is 16.9 Å². The van der Waals surface area contributed by atoms with Crippen LogP contribution in [0.5, 0.6) is 0 Å². The summed E-state index contributed by atoms with van der Waals surface area (Å²) in [6, 6.07) is 18.0. The van der Waals surface area contributed by atoms with Gasteiger partial charge in [0.2, 0.25) is 0 Å². The molecule has 0 saturated carbocycles. The zero-order chi connectivity index (χ0) is 14.8. The molecule has 0 saturated heterocycles. The Hall–Kier alpha value is -2.59. The van der Waals surface area contributed by atoms with Crippen LogP contribution in [0.3, 0.4) is 0 Å². The Kier molecular flexibility index (Phi) is 3.46. The van der Waals surface area contributed by atoms with Gasteiger partial charge in [-0.05, 0) is 18.2 Å². The first-order valence-electron chi connectivity index (χ1n) is 6.28. The van der Waals surface area contributed by atoms with Crippen LogP contribution in [0.4, 0.5) is 0 Å². The predicted octanol–water partition coefficient (Wildman–Crippen LogP) is 2.56. The number of carbonyl (C=O) groups excluding carboxylic acids is 1. The van der Waals surface area contributed by atoms with Gasteiger partial charge in [-0.15, -0.1) is 0 Å². The number of aromatic carboxylic acids is 1. The van der Waals surface area contributed by atoms with Gasteiger partial charge >= 0.3 is 0 Å². The number of aromatic nitrogens is 2. The zero-order valence-corrected chi connectivity index (χ0v) is 11.6. The van der Waals surface area contributed by atoms with Gasteiger partial charge in [0, 0.05) is 5.56 Å². The Morgan fingerprint density at radius 2 is 1.71 bits per heavy atom. The lowest BCUT2D eigenvalue weighted by molar-refractivity contribution is -0.255.